The van der Waals surface area contributed by atoms with Crippen molar-refractivity contribution in [1.29, 1.82) is 0 Å². The lowest BCUT2D eigenvalue weighted by molar-refractivity contribution is 0.415. The smallest absolute Gasteiger partial charge is 0.0123 e. The van der Waals surface area contributed by atoms with Crippen LogP contribution in [0.1, 0.15) is 33.1 Å². The summed E-state index contributed by atoms with van der Waals surface area (Å²) < 4.78 is 0. The molecule has 0 radical (unpaired) electrons. The van der Waals surface area contributed by atoms with Crippen LogP contribution in [0.25, 0.3) is 0 Å². The van der Waals surface area contributed by atoms with E-state index in [4.69, 9.17) is 5.73 Å². The van der Waals surface area contributed by atoms with Crippen molar-refractivity contribution < 1.29 is 0 Å². The second-order valence-corrected chi connectivity index (χ2v) is 4.09. The van der Waals surface area contributed by atoms with Crippen molar-refractivity contribution in [2.24, 2.45) is 5.73 Å². The van der Waals surface area contributed by atoms with Gasteiger partial charge in [0.1, 0.15) is 0 Å². The highest BCUT2D eigenvalue weighted by molar-refractivity contribution is 7.98. The number of nitrogens with two attached hydrogens (primary N) is 1. The van der Waals surface area contributed by atoms with E-state index in [9.17, 15) is 0 Å². The zero-order valence-electron chi connectivity index (χ0n) is 7.31. The van der Waals surface area contributed by atoms with Crippen LogP contribution >= 0.6 is 11.8 Å². The van der Waals surface area contributed by atoms with Crippen LogP contribution in [0.5, 0.6) is 0 Å². The Morgan fingerprint density at radius 3 is 2.50 bits per heavy atom. The molecule has 0 aliphatic heterocycles. The van der Waals surface area contributed by atoms with Gasteiger partial charge in [0.15, 0.2) is 0 Å². The molecule has 0 saturated carbocycles. The van der Waals surface area contributed by atoms with E-state index in [1.54, 1.807) is 0 Å². The van der Waals surface area contributed by atoms with Crippen molar-refractivity contribution in [2.45, 2.75) is 38.6 Å². The normalized spacial score (nSPS) is 16.8. The first-order valence-corrected chi connectivity index (χ1v) is 5.29. The molecule has 0 aromatic rings. The Morgan fingerprint density at radius 2 is 2.10 bits per heavy atom. The van der Waals surface area contributed by atoms with Crippen molar-refractivity contribution >= 4 is 11.8 Å². The summed E-state index contributed by atoms with van der Waals surface area (Å²) in [5.74, 6) is 1.24. The lowest BCUT2D eigenvalue weighted by Crippen LogP contribution is -2.35. The van der Waals surface area contributed by atoms with E-state index >= 15 is 0 Å². The summed E-state index contributed by atoms with van der Waals surface area (Å²) >= 11 is 1.90. The first-order chi connectivity index (χ1) is 4.62. The summed E-state index contributed by atoms with van der Waals surface area (Å²) in [6, 6.07) is 0. The molecule has 0 aliphatic rings. The van der Waals surface area contributed by atoms with Gasteiger partial charge in [0.25, 0.3) is 0 Å². The predicted octanol–water partition coefficient (Wildman–Crippen LogP) is 2.26. The Morgan fingerprint density at radius 1 is 1.50 bits per heavy atom. The minimum atomic E-state index is 0.0791. The monoisotopic (exact) mass is 161 g/mol. The fourth-order valence-electron chi connectivity index (χ4n) is 0.797. The fraction of sp³-hybridized carbons (Fsp3) is 1.00. The van der Waals surface area contributed by atoms with E-state index in [2.05, 4.69) is 20.1 Å². The van der Waals surface area contributed by atoms with E-state index in [-0.39, 0.29) is 5.54 Å². The van der Waals surface area contributed by atoms with E-state index in [0.29, 0.717) is 0 Å². The van der Waals surface area contributed by atoms with Crippen molar-refractivity contribution in [3.63, 3.8) is 0 Å². The summed E-state index contributed by atoms with van der Waals surface area (Å²) in [5, 5.41) is 0. The van der Waals surface area contributed by atoms with Crippen LogP contribution in [-0.2, 0) is 0 Å². The van der Waals surface area contributed by atoms with Gasteiger partial charge in [-0.25, -0.2) is 0 Å². The average molecular weight is 161 g/mol. The van der Waals surface area contributed by atoms with Crippen LogP contribution in [0.2, 0.25) is 0 Å². The maximum atomic E-state index is 5.95. The zero-order valence-corrected chi connectivity index (χ0v) is 8.13. The first kappa shape index (κ1) is 10.3. The van der Waals surface area contributed by atoms with Gasteiger partial charge < -0.3 is 5.73 Å². The molecule has 1 unspecified atom stereocenters. The molecule has 0 aliphatic carbocycles. The predicted molar refractivity (Wildman–Crippen MR) is 50.5 cm³/mol. The highest BCUT2D eigenvalue weighted by Crippen LogP contribution is 2.13. The number of hydrogen-bond donors (Lipinski definition) is 1. The van der Waals surface area contributed by atoms with Gasteiger partial charge in [0, 0.05) is 5.54 Å². The molecule has 0 saturated heterocycles. The van der Waals surface area contributed by atoms with Gasteiger partial charge in [-0.2, -0.15) is 11.8 Å². The van der Waals surface area contributed by atoms with Gasteiger partial charge in [-0.1, -0.05) is 6.92 Å². The highest BCUT2D eigenvalue weighted by Gasteiger charge is 2.13. The summed E-state index contributed by atoms with van der Waals surface area (Å²) in [7, 11) is 0. The molecule has 0 amide bonds. The molecule has 0 fully saturated rings. The molecule has 0 aromatic carbocycles. The quantitative estimate of drug-likeness (QED) is 0.626. The van der Waals surface area contributed by atoms with Crippen molar-refractivity contribution in [2.75, 3.05) is 12.0 Å². The standard InChI is InChI=1S/C8H19NS/c1-4-8(2,9)6-5-7-10-3/h4-7,9H2,1-3H3. The topological polar surface area (TPSA) is 26.0 Å². The maximum absolute atomic E-state index is 5.95. The van der Waals surface area contributed by atoms with Gasteiger partial charge in [0.2, 0.25) is 0 Å². The molecule has 2 heteroatoms. The van der Waals surface area contributed by atoms with E-state index in [1.807, 2.05) is 11.8 Å². The van der Waals surface area contributed by atoms with Gasteiger partial charge in [-0.15, -0.1) is 0 Å². The molecule has 0 spiro atoms. The summed E-state index contributed by atoms with van der Waals surface area (Å²) in [6.45, 7) is 4.28. The summed E-state index contributed by atoms with van der Waals surface area (Å²) in [6.07, 6.45) is 5.63. The van der Waals surface area contributed by atoms with Crippen LogP contribution in [0.15, 0.2) is 0 Å². The van der Waals surface area contributed by atoms with Crippen LogP contribution in [-0.4, -0.2) is 17.5 Å². The zero-order chi connectivity index (χ0) is 8.04. The van der Waals surface area contributed by atoms with E-state index < -0.39 is 0 Å². The third kappa shape index (κ3) is 5.12. The van der Waals surface area contributed by atoms with Crippen LogP contribution in [0, 0.1) is 0 Å². The molecular formula is C8H19NS. The molecule has 2 N–H and O–H groups in total. The van der Waals surface area contributed by atoms with Gasteiger partial charge in [-0.05, 0) is 38.2 Å². The molecule has 62 valence electrons. The Labute approximate surface area is 68.8 Å². The molecule has 0 rings (SSSR count). The molecule has 1 atom stereocenters. The molecule has 0 bridgehead atoms. The lowest BCUT2D eigenvalue weighted by atomic mass is 9.95. The Hall–Kier alpha value is 0.310. The largest absolute Gasteiger partial charge is 0.325 e. The van der Waals surface area contributed by atoms with E-state index in [0.717, 1.165) is 12.8 Å². The minimum absolute atomic E-state index is 0.0791. The Kier molecular flexibility index (Phi) is 5.18. The van der Waals surface area contributed by atoms with Crippen molar-refractivity contribution in [1.82, 2.24) is 0 Å². The average Bonchev–Trinajstić information content (AvgIpc) is 1.89. The third-order valence-corrected chi connectivity index (χ3v) is 2.60. The summed E-state index contributed by atoms with van der Waals surface area (Å²) in [4.78, 5) is 0. The third-order valence-electron chi connectivity index (χ3n) is 1.90. The first-order valence-electron chi connectivity index (χ1n) is 3.90. The number of hydrogen-bond acceptors (Lipinski definition) is 2. The molecule has 10 heavy (non-hydrogen) atoms. The molecule has 1 nitrogen and oxygen atoms in total. The van der Waals surface area contributed by atoms with Crippen LogP contribution in [0.3, 0.4) is 0 Å². The van der Waals surface area contributed by atoms with Gasteiger partial charge >= 0.3 is 0 Å². The SMILES string of the molecule is CCC(C)(N)CCCSC. The highest BCUT2D eigenvalue weighted by atomic mass is 32.2. The van der Waals surface area contributed by atoms with E-state index in [1.165, 1.54) is 12.2 Å². The van der Waals surface area contributed by atoms with Crippen LogP contribution < -0.4 is 5.73 Å². The summed E-state index contributed by atoms with van der Waals surface area (Å²) in [5.41, 5.74) is 6.03. The Bertz CT molecular complexity index is 81.3. The number of rotatable bonds is 5. The minimum Gasteiger partial charge on any atom is -0.325 e. The van der Waals surface area contributed by atoms with Gasteiger partial charge in [-0.3, -0.25) is 0 Å². The Balaban J connectivity index is 3.28. The molecular weight excluding hydrogens is 142 g/mol. The maximum Gasteiger partial charge on any atom is 0.0123 e. The molecule has 0 heterocycles. The second kappa shape index (κ2) is 5.03. The molecule has 0 aromatic heterocycles. The second-order valence-electron chi connectivity index (χ2n) is 3.10. The fourth-order valence-corrected chi connectivity index (χ4v) is 1.23. The number of thioether (sulfide) groups is 1. The van der Waals surface area contributed by atoms with Crippen LogP contribution in [0.4, 0.5) is 0 Å². The van der Waals surface area contributed by atoms with Gasteiger partial charge in [0.05, 0.1) is 0 Å². The van der Waals surface area contributed by atoms with Crippen molar-refractivity contribution in [3.05, 3.63) is 0 Å². The van der Waals surface area contributed by atoms with Crippen molar-refractivity contribution in [3.8, 4) is 0 Å². The lowest BCUT2D eigenvalue weighted by Gasteiger charge is -2.21.